The molecular weight excluding hydrogens is 481 g/mol. The summed E-state index contributed by atoms with van der Waals surface area (Å²) in [6.45, 7) is 2.46. The van der Waals surface area contributed by atoms with Gasteiger partial charge >= 0.3 is 0 Å². The maximum absolute atomic E-state index is 10.5. The van der Waals surface area contributed by atoms with Gasteiger partial charge in [-0.2, -0.15) is 5.26 Å². The molecule has 1 aliphatic rings. The Morgan fingerprint density at radius 1 is 1.03 bits per heavy atom. The van der Waals surface area contributed by atoms with Gasteiger partial charge in [0.05, 0.1) is 18.2 Å². The van der Waals surface area contributed by atoms with E-state index in [1.165, 1.54) is 5.56 Å². The summed E-state index contributed by atoms with van der Waals surface area (Å²) in [7, 11) is 2.15. The summed E-state index contributed by atoms with van der Waals surface area (Å²) in [6.07, 6.45) is 0.958. The van der Waals surface area contributed by atoms with Crippen molar-refractivity contribution in [2.45, 2.75) is 25.2 Å². The molecule has 4 rings (SSSR count). The van der Waals surface area contributed by atoms with Crippen molar-refractivity contribution in [2.75, 3.05) is 32.1 Å². The SMILES string of the molecule is CN1CCC(C(COC(O)Nc2cc(Cl)cc(Cl)c2)c2ccc(-c3cccc(C#N)c3)cc2)CC1. The molecule has 0 bridgehead atoms. The first-order valence-corrected chi connectivity index (χ1v) is 12.5. The second-order valence-corrected chi connectivity index (χ2v) is 9.92. The molecule has 2 unspecified atom stereocenters. The van der Waals surface area contributed by atoms with Gasteiger partial charge in [0.15, 0.2) is 0 Å². The van der Waals surface area contributed by atoms with E-state index in [-0.39, 0.29) is 5.92 Å². The van der Waals surface area contributed by atoms with Crippen molar-refractivity contribution >= 4 is 28.9 Å². The highest BCUT2D eigenvalue weighted by atomic mass is 35.5. The zero-order valence-corrected chi connectivity index (χ0v) is 21.1. The first-order chi connectivity index (χ1) is 16.9. The van der Waals surface area contributed by atoms with Gasteiger partial charge in [0.25, 0.3) is 0 Å². The maximum Gasteiger partial charge on any atom is 0.235 e. The van der Waals surface area contributed by atoms with E-state index in [0.29, 0.717) is 33.8 Å². The molecule has 182 valence electrons. The molecule has 0 aromatic heterocycles. The third-order valence-electron chi connectivity index (χ3n) is 6.58. The van der Waals surface area contributed by atoms with Gasteiger partial charge in [-0.05, 0) is 85.9 Å². The molecule has 3 aromatic rings. The number of nitrogens with one attached hydrogen (secondary N) is 1. The fraction of sp³-hybridized carbons (Fsp3) is 0.321. The van der Waals surface area contributed by atoms with Crippen LogP contribution in [0.2, 0.25) is 10.0 Å². The lowest BCUT2D eigenvalue weighted by Gasteiger charge is -2.35. The summed E-state index contributed by atoms with van der Waals surface area (Å²) < 4.78 is 5.88. The number of rotatable bonds is 8. The summed E-state index contributed by atoms with van der Waals surface area (Å²) in [5.41, 5.74) is 4.50. The van der Waals surface area contributed by atoms with Gasteiger partial charge in [-0.1, -0.05) is 59.6 Å². The minimum Gasteiger partial charge on any atom is -0.351 e. The van der Waals surface area contributed by atoms with Crippen LogP contribution in [0.4, 0.5) is 5.69 Å². The van der Waals surface area contributed by atoms with Gasteiger partial charge in [-0.25, -0.2) is 0 Å². The monoisotopic (exact) mass is 509 g/mol. The number of likely N-dealkylation sites (tertiary alicyclic amines) is 1. The highest BCUT2D eigenvalue weighted by Gasteiger charge is 2.27. The number of piperidine rings is 1. The van der Waals surface area contributed by atoms with Crippen molar-refractivity contribution in [1.82, 2.24) is 4.90 Å². The van der Waals surface area contributed by atoms with Crippen molar-refractivity contribution in [3.63, 3.8) is 0 Å². The fourth-order valence-corrected chi connectivity index (χ4v) is 5.17. The summed E-state index contributed by atoms with van der Waals surface area (Å²) in [4.78, 5) is 2.35. The van der Waals surface area contributed by atoms with Crippen LogP contribution < -0.4 is 5.32 Å². The molecule has 0 saturated carbocycles. The molecule has 0 amide bonds. The zero-order chi connectivity index (χ0) is 24.8. The number of aliphatic hydroxyl groups excluding tert-OH is 1. The second kappa shape index (κ2) is 11.9. The summed E-state index contributed by atoms with van der Waals surface area (Å²) in [6, 6.07) is 23.3. The van der Waals surface area contributed by atoms with Crippen LogP contribution in [0.3, 0.4) is 0 Å². The minimum absolute atomic E-state index is 0.141. The Morgan fingerprint density at radius 2 is 1.71 bits per heavy atom. The Hall–Kier alpha value is -2.59. The average molecular weight is 510 g/mol. The van der Waals surface area contributed by atoms with E-state index in [1.807, 2.05) is 24.3 Å². The number of aliphatic hydroxyl groups is 1. The molecule has 1 aliphatic heterocycles. The molecule has 0 spiro atoms. The Balaban J connectivity index is 1.48. The van der Waals surface area contributed by atoms with E-state index in [0.717, 1.165) is 37.1 Å². The van der Waals surface area contributed by atoms with Crippen molar-refractivity contribution in [1.29, 1.82) is 5.26 Å². The van der Waals surface area contributed by atoms with Crippen LogP contribution in [-0.4, -0.2) is 43.2 Å². The number of halogens is 2. The van der Waals surface area contributed by atoms with Gasteiger partial charge in [-0.15, -0.1) is 0 Å². The molecule has 0 radical (unpaired) electrons. The van der Waals surface area contributed by atoms with Crippen LogP contribution in [0.1, 0.15) is 29.9 Å². The van der Waals surface area contributed by atoms with Crippen LogP contribution in [0.15, 0.2) is 66.7 Å². The van der Waals surface area contributed by atoms with E-state index in [9.17, 15) is 10.4 Å². The van der Waals surface area contributed by atoms with Gasteiger partial charge < -0.3 is 20.1 Å². The number of benzene rings is 3. The molecule has 2 atom stereocenters. The topological polar surface area (TPSA) is 68.5 Å². The third-order valence-corrected chi connectivity index (χ3v) is 7.02. The molecular formula is C28H29Cl2N3O2. The smallest absolute Gasteiger partial charge is 0.235 e. The van der Waals surface area contributed by atoms with Crippen LogP contribution in [-0.2, 0) is 4.74 Å². The molecule has 5 nitrogen and oxygen atoms in total. The lowest BCUT2D eigenvalue weighted by atomic mass is 9.80. The number of hydrogen-bond acceptors (Lipinski definition) is 5. The number of anilines is 1. The number of ether oxygens (including phenoxy) is 1. The van der Waals surface area contributed by atoms with Gasteiger partial charge in [0.2, 0.25) is 6.41 Å². The van der Waals surface area contributed by atoms with Crippen LogP contribution in [0.5, 0.6) is 0 Å². The molecule has 0 aliphatic carbocycles. The van der Waals surface area contributed by atoms with Crippen molar-refractivity contribution < 1.29 is 9.84 Å². The highest BCUT2D eigenvalue weighted by Crippen LogP contribution is 2.34. The van der Waals surface area contributed by atoms with Gasteiger partial charge in [0, 0.05) is 21.7 Å². The second-order valence-electron chi connectivity index (χ2n) is 9.05. The predicted octanol–water partition coefficient (Wildman–Crippen LogP) is 6.36. The molecule has 1 saturated heterocycles. The standard InChI is InChI=1S/C28H29Cl2N3O2/c1-33-11-9-22(10-12-33)27(18-35-28(34)32-26-15-24(29)14-25(30)16-26)21-7-5-20(6-8-21)23-4-2-3-19(13-23)17-31/h2-8,13-16,22,27-28,32,34H,9-12,18H2,1H3. The van der Waals surface area contributed by atoms with E-state index >= 15 is 0 Å². The molecule has 3 aromatic carbocycles. The summed E-state index contributed by atoms with van der Waals surface area (Å²) in [5.74, 6) is 0.592. The lowest BCUT2D eigenvalue weighted by Crippen LogP contribution is -2.35. The fourth-order valence-electron chi connectivity index (χ4n) is 4.64. The molecule has 1 heterocycles. The maximum atomic E-state index is 10.5. The summed E-state index contributed by atoms with van der Waals surface area (Å²) in [5, 5.41) is 23.6. The molecule has 1 fully saturated rings. The summed E-state index contributed by atoms with van der Waals surface area (Å²) >= 11 is 12.1. The first-order valence-electron chi connectivity index (χ1n) is 11.7. The Bertz CT molecular complexity index is 1150. The number of hydrogen-bond donors (Lipinski definition) is 2. The van der Waals surface area contributed by atoms with Crippen molar-refractivity contribution in [2.24, 2.45) is 5.92 Å². The number of nitrogens with zero attached hydrogens (tertiary/aromatic N) is 2. The highest BCUT2D eigenvalue weighted by molar-refractivity contribution is 6.35. The van der Waals surface area contributed by atoms with E-state index < -0.39 is 6.41 Å². The minimum atomic E-state index is -1.19. The van der Waals surface area contributed by atoms with Crippen molar-refractivity contribution in [3.05, 3.63) is 87.9 Å². The lowest BCUT2D eigenvalue weighted by molar-refractivity contribution is -0.0880. The van der Waals surface area contributed by atoms with E-state index in [1.54, 1.807) is 18.2 Å². The van der Waals surface area contributed by atoms with Crippen LogP contribution in [0.25, 0.3) is 11.1 Å². The Labute approximate surface area is 216 Å². The van der Waals surface area contributed by atoms with E-state index in [2.05, 4.69) is 47.6 Å². The number of nitriles is 1. The van der Waals surface area contributed by atoms with Crippen LogP contribution in [0, 0.1) is 17.2 Å². The van der Waals surface area contributed by atoms with Crippen molar-refractivity contribution in [3.8, 4) is 17.2 Å². The largest absolute Gasteiger partial charge is 0.351 e. The van der Waals surface area contributed by atoms with Crippen LogP contribution >= 0.6 is 23.2 Å². The average Bonchev–Trinajstić information content (AvgIpc) is 2.85. The Kier molecular flexibility index (Phi) is 8.67. The molecule has 7 heteroatoms. The van der Waals surface area contributed by atoms with E-state index in [4.69, 9.17) is 27.9 Å². The molecule has 35 heavy (non-hydrogen) atoms. The predicted molar refractivity (Wildman–Crippen MR) is 142 cm³/mol. The quantitative estimate of drug-likeness (QED) is 0.345. The van der Waals surface area contributed by atoms with Gasteiger partial charge in [-0.3, -0.25) is 0 Å². The Morgan fingerprint density at radius 3 is 2.37 bits per heavy atom. The third kappa shape index (κ3) is 6.98. The first kappa shape index (κ1) is 25.5. The normalized spacial score (nSPS) is 16.4. The zero-order valence-electron chi connectivity index (χ0n) is 19.6. The van der Waals surface area contributed by atoms with Gasteiger partial charge in [0.1, 0.15) is 0 Å². The molecule has 2 N–H and O–H groups in total.